The summed E-state index contributed by atoms with van der Waals surface area (Å²) in [6.07, 6.45) is 8.01. The van der Waals surface area contributed by atoms with Crippen LogP contribution < -0.4 is 32.0 Å². The second-order valence-electron chi connectivity index (χ2n) is 12.8. The van der Waals surface area contributed by atoms with Crippen molar-refractivity contribution in [3.63, 3.8) is 0 Å². The van der Waals surface area contributed by atoms with Crippen molar-refractivity contribution in [2.24, 2.45) is 11.8 Å². The summed E-state index contributed by atoms with van der Waals surface area (Å²) >= 11 is 8.59. The molecule has 254 valence electrons. The Hall–Kier alpha value is -3.62. The summed E-state index contributed by atoms with van der Waals surface area (Å²) in [4.78, 5) is 52.1. The summed E-state index contributed by atoms with van der Waals surface area (Å²) in [6.45, 7) is 5.77. The first-order chi connectivity index (χ1) is 22.3. The van der Waals surface area contributed by atoms with Gasteiger partial charge in [-0.25, -0.2) is 0 Å². The lowest BCUT2D eigenvalue weighted by Gasteiger charge is -2.18. The van der Waals surface area contributed by atoms with E-state index in [-0.39, 0.29) is 55.4 Å². The van der Waals surface area contributed by atoms with Crippen LogP contribution in [0, 0.1) is 18.8 Å². The molecule has 0 bridgehead atoms. The average molecular weight is 686 g/mol. The lowest BCUT2D eigenvalue weighted by atomic mass is 9.88. The largest absolute Gasteiger partial charge is 0.515 e. The lowest BCUT2D eigenvalue weighted by molar-refractivity contribution is -0.138. The number of carboxylic acids is 2. The number of aromatic amines is 1. The fourth-order valence-electron chi connectivity index (χ4n) is 7.59. The molecule has 1 unspecified atom stereocenters. The smallest absolute Gasteiger partial charge is 0.303 e. The molecule has 5 heterocycles. The zero-order valence-corrected chi connectivity index (χ0v) is 28.4. The molecule has 47 heavy (non-hydrogen) atoms. The van der Waals surface area contributed by atoms with Crippen molar-refractivity contribution in [2.45, 2.75) is 82.6 Å². The molecule has 5 rings (SSSR count). The van der Waals surface area contributed by atoms with Crippen LogP contribution in [-0.4, -0.2) is 78.8 Å². The first-order valence-electron chi connectivity index (χ1n) is 15.8. The van der Waals surface area contributed by atoms with Gasteiger partial charge in [-0.05, 0) is 73.6 Å². The number of amides is 2. The first kappa shape index (κ1) is 34.7. The molecule has 12 nitrogen and oxygen atoms in total. The Morgan fingerprint density at radius 1 is 1.04 bits per heavy atom. The van der Waals surface area contributed by atoms with Crippen LogP contribution in [0.4, 0.5) is 0 Å². The molecule has 4 aliphatic heterocycles. The molecule has 3 fully saturated rings. The van der Waals surface area contributed by atoms with Crippen LogP contribution in [0.5, 0.6) is 0 Å². The van der Waals surface area contributed by atoms with Gasteiger partial charge in [0, 0.05) is 58.5 Å². The van der Waals surface area contributed by atoms with E-state index in [0.29, 0.717) is 34.4 Å². The van der Waals surface area contributed by atoms with Crippen LogP contribution in [0.25, 0.3) is 12.2 Å². The van der Waals surface area contributed by atoms with Gasteiger partial charge in [-0.15, -0.1) is 0 Å². The highest BCUT2D eigenvalue weighted by Gasteiger charge is 2.71. The van der Waals surface area contributed by atoms with E-state index in [1.54, 1.807) is 6.08 Å². The Kier molecular flexibility index (Phi) is 9.95. The monoisotopic (exact) mass is 685 g/mol. The van der Waals surface area contributed by atoms with E-state index in [9.17, 15) is 34.5 Å². The van der Waals surface area contributed by atoms with Crippen LogP contribution in [-0.2, 0) is 25.6 Å². The van der Waals surface area contributed by atoms with Crippen molar-refractivity contribution in [1.82, 2.24) is 26.3 Å². The van der Waals surface area contributed by atoms with Crippen LogP contribution in [0.3, 0.4) is 0 Å². The van der Waals surface area contributed by atoms with E-state index in [2.05, 4.69) is 51.5 Å². The number of thiol groups is 2. The molecule has 14 heteroatoms. The Morgan fingerprint density at radius 3 is 2.40 bits per heavy atom. The maximum atomic E-state index is 12.7. The molecule has 0 saturated carbocycles. The summed E-state index contributed by atoms with van der Waals surface area (Å²) in [5, 5.41) is 43.7. The third-order valence-corrected chi connectivity index (χ3v) is 10.7. The van der Waals surface area contributed by atoms with Crippen molar-refractivity contribution in [1.29, 1.82) is 0 Å². The predicted octanol–water partition coefficient (Wildman–Crippen LogP) is 0.939. The fraction of sp³-hybridized carbons (Fsp3) is 0.515. The minimum absolute atomic E-state index is 0.0143. The number of carbonyl (C=O) groups is 4. The molecule has 1 aromatic heterocycles. The van der Waals surface area contributed by atoms with Crippen molar-refractivity contribution < 1.29 is 34.5 Å². The number of carbonyl (C=O) groups excluding carboxylic acids is 2. The number of rotatable bonds is 13. The molecule has 0 aromatic carbocycles. The minimum Gasteiger partial charge on any atom is -0.515 e. The second-order valence-corrected chi connectivity index (χ2v) is 13.6. The van der Waals surface area contributed by atoms with Crippen molar-refractivity contribution in [3.05, 3.63) is 56.6 Å². The number of H-pyrrole nitrogens is 1. The second kappa shape index (κ2) is 13.5. The van der Waals surface area contributed by atoms with Crippen molar-refractivity contribution in [3.8, 4) is 0 Å². The number of aliphatic hydroxyl groups is 1. The molecular weight excluding hydrogens is 643 g/mol. The lowest BCUT2D eigenvalue weighted by Crippen LogP contribution is -2.37. The molecule has 0 aliphatic carbocycles. The van der Waals surface area contributed by atoms with E-state index >= 15 is 0 Å². The van der Waals surface area contributed by atoms with Crippen molar-refractivity contribution >= 4 is 61.2 Å². The minimum atomic E-state index is -0.934. The predicted molar refractivity (Wildman–Crippen MR) is 183 cm³/mol. The third-order valence-electron chi connectivity index (χ3n) is 10.3. The van der Waals surface area contributed by atoms with Gasteiger partial charge in [-0.3, -0.25) is 24.5 Å². The van der Waals surface area contributed by atoms with Crippen LogP contribution in [0.15, 0.2) is 34.8 Å². The van der Waals surface area contributed by atoms with E-state index in [1.807, 2.05) is 32.9 Å². The quantitative estimate of drug-likeness (QED) is 0.0621. The molecule has 1 aromatic rings. The number of hydrogen-bond acceptors (Lipinski definition) is 9. The van der Waals surface area contributed by atoms with E-state index < -0.39 is 29.2 Å². The van der Waals surface area contributed by atoms with Crippen molar-refractivity contribution in [2.75, 3.05) is 11.5 Å². The van der Waals surface area contributed by atoms with Gasteiger partial charge >= 0.3 is 11.9 Å². The Bertz CT molecular complexity index is 1720. The molecule has 2 amide bonds. The van der Waals surface area contributed by atoms with E-state index in [1.165, 1.54) is 0 Å². The molecular formula is C33H43N5O7S2. The standard InChI is InChI=1S/C33H43N5O7S2/c1-16-19(4-5-28(40)41)27(34-23(16)12-25-20(7-10-46)17(2)30(44)35-25)14-33-32(38-33,9-6-29(42)43)18(3)24(37-33)13-26-22(15-39)21(8-11-47)31(45)36-26/h8,12,14-15,17,20,25-26,34,37-39,46-47H,4-7,9-11,13H2,1-3H3,(H,35,44)(H,36,45)(H,40,41)(H,42,43)/b21-8+,22-15+,23-12+,27-14-/t17-,20-,25?,26-,32+,33+/m1/s1. The molecule has 0 spiro atoms. The number of aromatic nitrogens is 1. The number of nitrogens with one attached hydrogen (secondary N) is 5. The van der Waals surface area contributed by atoms with Gasteiger partial charge < -0.3 is 36.3 Å². The van der Waals surface area contributed by atoms with Gasteiger partial charge in [0.15, 0.2) is 0 Å². The molecule has 0 radical (unpaired) electrons. The number of carboxylic acid groups (broad SMARTS) is 2. The highest BCUT2D eigenvalue weighted by molar-refractivity contribution is 7.80. The van der Waals surface area contributed by atoms with Gasteiger partial charge in [0.05, 0.1) is 23.9 Å². The molecule has 6 atom stereocenters. The van der Waals surface area contributed by atoms with Crippen LogP contribution in [0.1, 0.15) is 57.1 Å². The summed E-state index contributed by atoms with van der Waals surface area (Å²) < 4.78 is 0. The fourth-order valence-corrected chi connectivity index (χ4v) is 8.07. The summed E-state index contributed by atoms with van der Waals surface area (Å²) in [5.41, 5.74) is 2.60. The summed E-state index contributed by atoms with van der Waals surface area (Å²) in [5.74, 6) is -1.31. The van der Waals surface area contributed by atoms with Gasteiger partial charge in [0.25, 0.3) is 5.91 Å². The molecule has 8 N–H and O–H groups in total. The highest BCUT2D eigenvalue weighted by atomic mass is 32.1. The Morgan fingerprint density at radius 2 is 1.77 bits per heavy atom. The van der Waals surface area contributed by atoms with Gasteiger partial charge in [0.2, 0.25) is 5.91 Å². The normalized spacial score (nSPS) is 32.3. The number of aliphatic carboxylic acids is 2. The summed E-state index contributed by atoms with van der Waals surface area (Å²) in [7, 11) is 0. The Balaban J connectivity index is 1.56. The number of hydrogen-bond donors (Lipinski definition) is 10. The van der Waals surface area contributed by atoms with E-state index in [4.69, 9.17) is 0 Å². The van der Waals surface area contributed by atoms with E-state index in [0.717, 1.165) is 40.4 Å². The van der Waals surface area contributed by atoms with Crippen LogP contribution in [0.2, 0.25) is 0 Å². The number of fused-ring (bicyclic) bond motifs is 1. The molecule has 3 saturated heterocycles. The Labute approximate surface area is 283 Å². The van der Waals surface area contributed by atoms with Crippen LogP contribution >= 0.6 is 25.3 Å². The summed E-state index contributed by atoms with van der Waals surface area (Å²) in [6, 6.07) is -0.720. The maximum absolute atomic E-state index is 12.7. The van der Waals surface area contributed by atoms with Gasteiger partial charge in [-0.2, -0.15) is 25.3 Å². The topological polar surface area (TPSA) is 203 Å². The maximum Gasteiger partial charge on any atom is 0.303 e. The van der Waals surface area contributed by atoms with Gasteiger partial charge in [0.1, 0.15) is 5.66 Å². The highest BCUT2D eigenvalue weighted by Crippen LogP contribution is 2.54. The molecule has 4 aliphatic rings. The SMILES string of the molecule is CC1=C(C[C@H]2NC(=O)C(=C/CS)/C2=C\O)N[C@@]2(/C=c3\[nH]/c(=C/C4NC(=O)[C@H](C)[C@H]4CCS)c(C)c3CCC(=O)O)N[C@@]12CCC(=O)O. The zero-order chi connectivity index (χ0) is 34.3. The first-order valence-corrected chi connectivity index (χ1v) is 17.1. The van der Waals surface area contributed by atoms with Gasteiger partial charge in [-0.1, -0.05) is 13.0 Å². The average Bonchev–Trinajstić information content (AvgIpc) is 3.11. The number of aliphatic hydroxyl groups excluding tert-OH is 1. The third kappa shape index (κ3) is 6.34. The zero-order valence-electron chi connectivity index (χ0n) is 26.6.